The van der Waals surface area contributed by atoms with E-state index in [1.165, 1.54) is 21.9 Å². The smallest absolute Gasteiger partial charge is 0.164 e. The molecule has 0 fully saturated rings. The van der Waals surface area contributed by atoms with Crippen molar-refractivity contribution in [2.45, 2.75) is 0 Å². The predicted octanol–water partition coefficient (Wildman–Crippen LogP) is 11.5. The number of benzene rings is 7. The van der Waals surface area contributed by atoms with E-state index in [1.807, 2.05) is 60.7 Å². The Morgan fingerprint density at radius 3 is 1.76 bits per heavy atom. The Hall–Kier alpha value is -6.85. The number of furan rings is 1. The highest BCUT2D eigenvalue weighted by molar-refractivity contribution is 6.15. The summed E-state index contributed by atoms with van der Waals surface area (Å²) in [5.41, 5.74) is 10.2. The average Bonchev–Trinajstić information content (AvgIpc) is 3.74. The first-order chi connectivity index (χ1) is 24.8. The van der Waals surface area contributed by atoms with E-state index in [4.69, 9.17) is 19.4 Å². The van der Waals surface area contributed by atoms with Gasteiger partial charge in [0.2, 0.25) is 0 Å². The van der Waals surface area contributed by atoms with E-state index in [0.29, 0.717) is 17.5 Å². The van der Waals surface area contributed by atoms with E-state index in [1.54, 1.807) is 0 Å². The maximum absolute atomic E-state index is 6.12. The van der Waals surface area contributed by atoms with Crippen LogP contribution in [0.25, 0.3) is 94.7 Å². The second-order valence-corrected chi connectivity index (χ2v) is 12.5. The minimum absolute atomic E-state index is 0.607. The summed E-state index contributed by atoms with van der Waals surface area (Å²) in [4.78, 5) is 15.2. The normalized spacial score (nSPS) is 11.6. The van der Waals surface area contributed by atoms with E-state index < -0.39 is 0 Å². The monoisotopic (exact) mass is 640 g/mol. The standard InChI is InChI=1S/C45H28N4O/c1-3-13-29(14-4-1)34-21-12-23-39-42(34)36-20-7-9-22-38(36)49(39)33-18-11-17-31(27-33)44-46-43(30-15-5-2-6-16-30)47-45(48-44)32-25-26-41-37(28-32)35-19-8-10-24-40(35)50-41/h1-28H. The van der Waals surface area contributed by atoms with Gasteiger partial charge in [-0.2, -0.15) is 0 Å². The van der Waals surface area contributed by atoms with Crippen LogP contribution in [0.3, 0.4) is 0 Å². The van der Waals surface area contributed by atoms with Crippen molar-refractivity contribution in [2.75, 3.05) is 0 Å². The van der Waals surface area contributed by atoms with Crippen LogP contribution < -0.4 is 0 Å². The van der Waals surface area contributed by atoms with Crippen molar-refractivity contribution in [3.63, 3.8) is 0 Å². The molecule has 50 heavy (non-hydrogen) atoms. The summed E-state index contributed by atoms with van der Waals surface area (Å²) in [6, 6.07) is 58.7. The zero-order valence-electron chi connectivity index (χ0n) is 26.9. The van der Waals surface area contributed by atoms with E-state index in [0.717, 1.165) is 55.3 Å². The lowest BCUT2D eigenvalue weighted by Gasteiger charge is -2.12. The van der Waals surface area contributed by atoms with Gasteiger partial charge < -0.3 is 8.98 Å². The van der Waals surface area contributed by atoms with Gasteiger partial charge in [-0.25, -0.2) is 15.0 Å². The molecule has 0 amide bonds. The van der Waals surface area contributed by atoms with E-state index in [9.17, 15) is 0 Å². The molecule has 0 saturated heterocycles. The number of para-hydroxylation sites is 2. The third kappa shape index (κ3) is 4.60. The fraction of sp³-hybridized carbons (Fsp3) is 0. The van der Waals surface area contributed by atoms with Crippen LogP contribution in [0.1, 0.15) is 0 Å². The molecule has 0 spiro atoms. The number of fused-ring (bicyclic) bond motifs is 6. The molecule has 0 aliphatic rings. The molecule has 10 rings (SSSR count). The second-order valence-electron chi connectivity index (χ2n) is 12.5. The van der Waals surface area contributed by atoms with Gasteiger partial charge in [0.05, 0.1) is 11.0 Å². The molecule has 7 aromatic carbocycles. The topological polar surface area (TPSA) is 56.7 Å². The van der Waals surface area contributed by atoms with Crippen molar-refractivity contribution in [1.29, 1.82) is 0 Å². The van der Waals surface area contributed by atoms with Gasteiger partial charge in [-0.3, -0.25) is 0 Å². The Labute approximate surface area is 287 Å². The highest BCUT2D eigenvalue weighted by atomic mass is 16.3. The molecule has 0 unspecified atom stereocenters. The minimum atomic E-state index is 0.607. The van der Waals surface area contributed by atoms with Gasteiger partial charge >= 0.3 is 0 Å². The third-order valence-corrected chi connectivity index (χ3v) is 9.45. The lowest BCUT2D eigenvalue weighted by atomic mass is 9.99. The van der Waals surface area contributed by atoms with E-state index in [-0.39, 0.29) is 0 Å². The summed E-state index contributed by atoms with van der Waals surface area (Å²) in [5.74, 6) is 1.84. The molecule has 0 radical (unpaired) electrons. The summed E-state index contributed by atoms with van der Waals surface area (Å²) < 4.78 is 8.46. The molecule has 0 saturated carbocycles. The number of hydrogen-bond acceptors (Lipinski definition) is 4. The Kier molecular flexibility index (Phi) is 6.42. The Bertz CT molecular complexity index is 2870. The fourth-order valence-electron chi connectivity index (χ4n) is 7.16. The first kappa shape index (κ1) is 28.2. The van der Waals surface area contributed by atoms with Crippen LogP contribution in [0.2, 0.25) is 0 Å². The van der Waals surface area contributed by atoms with Gasteiger partial charge in [0, 0.05) is 43.9 Å². The number of nitrogens with zero attached hydrogens (tertiary/aromatic N) is 4. The quantitative estimate of drug-likeness (QED) is 0.188. The lowest BCUT2D eigenvalue weighted by Crippen LogP contribution is -2.01. The minimum Gasteiger partial charge on any atom is -0.456 e. The molecule has 0 bridgehead atoms. The average molecular weight is 641 g/mol. The largest absolute Gasteiger partial charge is 0.456 e. The fourth-order valence-corrected chi connectivity index (χ4v) is 7.16. The molecule has 0 N–H and O–H groups in total. The van der Waals surface area contributed by atoms with Gasteiger partial charge in [0.1, 0.15) is 11.2 Å². The molecule has 3 aromatic heterocycles. The summed E-state index contributed by atoms with van der Waals surface area (Å²) in [5, 5.41) is 4.54. The second kappa shape index (κ2) is 11.4. The Morgan fingerprint density at radius 2 is 0.960 bits per heavy atom. The van der Waals surface area contributed by atoms with Gasteiger partial charge in [-0.05, 0) is 59.7 Å². The van der Waals surface area contributed by atoms with E-state index >= 15 is 0 Å². The molecule has 5 heteroatoms. The van der Waals surface area contributed by atoms with Gasteiger partial charge in [0.25, 0.3) is 0 Å². The number of rotatable bonds is 5. The summed E-state index contributed by atoms with van der Waals surface area (Å²) in [6.45, 7) is 0. The summed E-state index contributed by atoms with van der Waals surface area (Å²) >= 11 is 0. The maximum atomic E-state index is 6.12. The lowest BCUT2D eigenvalue weighted by molar-refractivity contribution is 0.669. The van der Waals surface area contributed by atoms with Gasteiger partial charge in [-0.1, -0.05) is 121 Å². The van der Waals surface area contributed by atoms with Crippen LogP contribution in [0.5, 0.6) is 0 Å². The van der Waals surface area contributed by atoms with Crippen molar-refractivity contribution < 1.29 is 4.42 Å². The first-order valence-corrected chi connectivity index (χ1v) is 16.7. The molecular weight excluding hydrogens is 613 g/mol. The van der Waals surface area contributed by atoms with Crippen LogP contribution in [0, 0.1) is 0 Å². The first-order valence-electron chi connectivity index (χ1n) is 16.7. The van der Waals surface area contributed by atoms with Crippen molar-refractivity contribution in [1.82, 2.24) is 19.5 Å². The maximum Gasteiger partial charge on any atom is 0.164 e. The summed E-state index contributed by atoms with van der Waals surface area (Å²) in [6.07, 6.45) is 0. The molecule has 0 aliphatic heterocycles. The molecule has 0 aliphatic carbocycles. The van der Waals surface area contributed by atoms with Crippen LogP contribution in [-0.4, -0.2) is 19.5 Å². The Morgan fingerprint density at radius 1 is 0.380 bits per heavy atom. The van der Waals surface area contributed by atoms with Crippen molar-refractivity contribution in [3.8, 4) is 51.0 Å². The highest BCUT2D eigenvalue weighted by Gasteiger charge is 2.18. The predicted molar refractivity (Wildman–Crippen MR) is 203 cm³/mol. The van der Waals surface area contributed by atoms with Gasteiger partial charge in [-0.15, -0.1) is 0 Å². The van der Waals surface area contributed by atoms with Crippen molar-refractivity contribution in [3.05, 3.63) is 170 Å². The van der Waals surface area contributed by atoms with Crippen LogP contribution in [-0.2, 0) is 0 Å². The third-order valence-electron chi connectivity index (χ3n) is 9.45. The van der Waals surface area contributed by atoms with Crippen LogP contribution in [0.15, 0.2) is 174 Å². The van der Waals surface area contributed by atoms with Crippen molar-refractivity contribution in [2.24, 2.45) is 0 Å². The van der Waals surface area contributed by atoms with Crippen LogP contribution in [0.4, 0.5) is 0 Å². The number of aromatic nitrogens is 4. The zero-order valence-corrected chi connectivity index (χ0v) is 26.9. The molecule has 0 atom stereocenters. The highest BCUT2D eigenvalue weighted by Crippen LogP contribution is 2.39. The zero-order chi connectivity index (χ0) is 33.0. The summed E-state index contributed by atoms with van der Waals surface area (Å²) in [7, 11) is 0. The Balaban J connectivity index is 1.17. The van der Waals surface area contributed by atoms with Gasteiger partial charge in [0.15, 0.2) is 17.5 Å². The SMILES string of the molecule is c1ccc(-c2nc(-c3cccc(-n4c5ccccc5c5c(-c6ccccc6)cccc54)c3)nc(-c3ccc4oc5ccccc5c4c3)n2)cc1. The number of hydrogen-bond donors (Lipinski definition) is 0. The molecule has 10 aromatic rings. The molecular formula is C45H28N4O. The van der Waals surface area contributed by atoms with Crippen molar-refractivity contribution >= 4 is 43.7 Å². The molecule has 3 heterocycles. The van der Waals surface area contributed by atoms with E-state index in [2.05, 4.69) is 114 Å². The molecule has 234 valence electrons. The molecule has 5 nitrogen and oxygen atoms in total. The van der Waals surface area contributed by atoms with Crippen LogP contribution >= 0.6 is 0 Å².